The lowest BCUT2D eigenvalue weighted by Crippen LogP contribution is -2.41. The highest BCUT2D eigenvalue weighted by molar-refractivity contribution is 6.30. The van der Waals surface area contributed by atoms with E-state index in [0.717, 1.165) is 24.8 Å². The first-order chi connectivity index (χ1) is 10.5. The number of carbonyl (C=O) groups is 2. The summed E-state index contributed by atoms with van der Waals surface area (Å²) in [5, 5.41) is 3.55. The van der Waals surface area contributed by atoms with E-state index in [1.54, 1.807) is 4.90 Å². The van der Waals surface area contributed by atoms with Gasteiger partial charge in [-0.25, -0.2) is 0 Å². The highest BCUT2D eigenvalue weighted by Crippen LogP contribution is 2.10. The van der Waals surface area contributed by atoms with Crippen LogP contribution in [-0.4, -0.2) is 36.3 Å². The number of nitrogens with one attached hydrogen (secondary N) is 1. The highest BCUT2D eigenvalue weighted by Gasteiger charge is 2.13. The summed E-state index contributed by atoms with van der Waals surface area (Å²) in [6, 6.07) is 7.53. The Morgan fingerprint density at radius 3 is 2.45 bits per heavy atom. The van der Waals surface area contributed by atoms with E-state index in [9.17, 15) is 9.59 Å². The second kappa shape index (κ2) is 10.2. The molecule has 1 aromatic rings. The van der Waals surface area contributed by atoms with Crippen LogP contribution in [0.3, 0.4) is 0 Å². The Bertz CT molecular complexity index is 474. The molecule has 0 unspecified atom stereocenters. The number of nitrogens with zero attached hydrogens (tertiary/aromatic N) is 1. The van der Waals surface area contributed by atoms with Crippen LogP contribution in [0.1, 0.15) is 38.7 Å². The van der Waals surface area contributed by atoms with Crippen LogP contribution in [0.15, 0.2) is 24.3 Å². The molecule has 1 aromatic carbocycles. The maximum Gasteiger partial charge on any atom is 0.239 e. The van der Waals surface area contributed by atoms with E-state index < -0.39 is 0 Å². The molecule has 4 nitrogen and oxygen atoms in total. The molecule has 0 aliphatic heterocycles. The van der Waals surface area contributed by atoms with Crippen molar-refractivity contribution in [3.63, 3.8) is 0 Å². The monoisotopic (exact) mass is 324 g/mol. The van der Waals surface area contributed by atoms with Crippen LogP contribution in [0.4, 0.5) is 0 Å². The Morgan fingerprint density at radius 2 is 1.86 bits per heavy atom. The predicted octanol–water partition coefficient (Wildman–Crippen LogP) is 3.04. The molecule has 0 saturated carbocycles. The molecule has 0 fully saturated rings. The molecule has 0 radical (unpaired) electrons. The first-order valence-electron chi connectivity index (χ1n) is 7.79. The van der Waals surface area contributed by atoms with Gasteiger partial charge in [-0.15, -0.1) is 0 Å². The smallest absolute Gasteiger partial charge is 0.239 e. The minimum Gasteiger partial charge on any atom is -0.355 e. The molecule has 0 aliphatic rings. The summed E-state index contributed by atoms with van der Waals surface area (Å²) in [6.45, 7) is 4.94. The first-order valence-corrected chi connectivity index (χ1v) is 8.17. The van der Waals surface area contributed by atoms with E-state index in [1.165, 1.54) is 6.92 Å². The van der Waals surface area contributed by atoms with Crippen LogP contribution in [0.25, 0.3) is 0 Å². The average Bonchev–Trinajstić information content (AvgIpc) is 2.49. The molecule has 0 atom stereocenters. The number of carbonyl (C=O) groups excluding carboxylic acids is 2. The van der Waals surface area contributed by atoms with Gasteiger partial charge in [-0.2, -0.15) is 0 Å². The van der Waals surface area contributed by atoms with Crippen LogP contribution in [0.5, 0.6) is 0 Å². The van der Waals surface area contributed by atoms with Crippen molar-refractivity contribution in [1.82, 2.24) is 10.2 Å². The van der Waals surface area contributed by atoms with Gasteiger partial charge in [0.05, 0.1) is 6.54 Å². The molecule has 1 rings (SSSR count). The van der Waals surface area contributed by atoms with Gasteiger partial charge in [0.25, 0.3) is 0 Å². The van der Waals surface area contributed by atoms with Gasteiger partial charge < -0.3 is 10.2 Å². The van der Waals surface area contributed by atoms with Crippen LogP contribution >= 0.6 is 11.6 Å². The minimum absolute atomic E-state index is 0.0855. The van der Waals surface area contributed by atoms with Crippen molar-refractivity contribution in [1.29, 1.82) is 0 Å². The number of amides is 2. The molecule has 0 saturated heterocycles. The molecule has 0 bridgehead atoms. The molecule has 0 spiro atoms. The van der Waals surface area contributed by atoms with Crippen molar-refractivity contribution in [2.45, 2.75) is 39.5 Å². The van der Waals surface area contributed by atoms with E-state index in [1.807, 2.05) is 24.3 Å². The molecule has 2 amide bonds. The fourth-order valence-electron chi connectivity index (χ4n) is 2.10. The molecular weight excluding hydrogens is 300 g/mol. The number of unbranched alkanes of at least 4 members (excludes halogenated alkanes) is 2. The standard InChI is InChI=1S/C17H25ClN2O2/c1-3-4-5-11-19-17(22)13-20(14(2)21)12-10-15-6-8-16(18)9-7-15/h6-9H,3-5,10-13H2,1-2H3,(H,19,22). The quantitative estimate of drug-likeness (QED) is 0.710. The van der Waals surface area contributed by atoms with Crippen molar-refractivity contribution in [3.05, 3.63) is 34.9 Å². The molecule has 5 heteroatoms. The normalized spacial score (nSPS) is 10.3. The molecule has 0 aromatic heterocycles. The van der Waals surface area contributed by atoms with Crippen molar-refractivity contribution in [2.75, 3.05) is 19.6 Å². The summed E-state index contributed by atoms with van der Waals surface area (Å²) in [5.74, 6) is -0.180. The summed E-state index contributed by atoms with van der Waals surface area (Å²) in [4.78, 5) is 25.1. The first kappa shape index (κ1) is 18.5. The number of benzene rings is 1. The second-order valence-electron chi connectivity index (χ2n) is 5.37. The van der Waals surface area contributed by atoms with E-state index in [-0.39, 0.29) is 18.4 Å². The lowest BCUT2D eigenvalue weighted by atomic mass is 10.1. The Hall–Kier alpha value is -1.55. The van der Waals surface area contributed by atoms with E-state index in [4.69, 9.17) is 11.6 Å². The number of hydrogen-bond donors (Lipinski definition) is 1. The van der Waals surface area contributed by atoms with Crippen LogP contribution in [-0.2, 0) is 16.0 Å². The lowest BCUT2D eigenvalue weighted by molar-refractivity contribution is -0.134. The number of rotatable bonds is 9. The van der Waals surface area contributed by atoms with Gasteiger partial charge in [0.15, 0.2) is 0 Å². The molecular formula is C17H25ClN2O2. The van der Waals surface area contributed by atoms with Crippen molar-refractivity contribution >= 4 is 23.4 Å². The Morgan fingerprint density at radius 1 is 1.18 bits per heavy atom. The fraction of sp³-hybridized carbons (Fsp3) is 0.529. The number of hydrogen-bond acceptors (Lipinski definition) is 2. The zero-order chi connectivity index (χ0) is 16.4. The predicted molar refractivity (Wildman–Crippen MR) is 89.9 cm³/mol. The van der Waals surface area contributed by atoms with Crippen LogP contribution in [0.2, 0.25) is 5.02 Å². The molecule has 1 N–H and O–H groups in total. The van der Waals surface area contributed by atoms with E-state index in [2.05, 4.69) is 12.2 Å². The topological polar surface area (TPSA) is 49.4 Å². The SMILES string of the molecule is CCCCCNC(=O)CN(CCc1ccc(Cl)cc1)C(C)=O. The molecule has 0 heterocycles. The summed E-state index contributed by atoms with van der Waals surface area (Å²) >= 11 is 5.85. The van der Waals surface area contributed by atoms with E-state index >= 15 is 0 Å². The Kier molecular flexibility index (Phi) is 8.60. The van der Waals surface area contributed by atoms with Gasteiger partial charge in [0.1, 0.15) is 0 Å². The fourth-order valence-corrected chi connectivity index (χ4v) is 2.22. The summed E-state index contributed by atoms with van der Waals surface area (Å²) in [7, 11) is 0. The Balaban J connectivity index is 2.39. The summed E-state index contributed by atoms with van der Waals surface area (Å²) in [5.41, 5.74) is 1.10. The molecule has 0 aliphatic carbocycles. The van der Waals surface area contributed by atoms with Gasteiger partial charge >= 0.3 is 0 Å². The van der Waals surface area contributed by atoms with Crippen molar-refractivity contribution in [2.24, 2.45) is 0 Å². The van der Waals surface area contributed by atoms with Crippen LogP contribution < -0.4 is 5.32 Å². The zero-order valence-corrected chi connectivity index (χ0v) is 14.2. The van der Waals surface area contributed by atoms with Gasteiger partial charge in [-0.3, -0.25) is 9.59 Å². The maximum absolute atomic E-state index is 11.9. The zero-order valence-electron chi connectivity index (χ0n) is 13.4. The van der Waals surface area contributed by atoms with Crippen LogP contribution in [0, 0.1) is 0 Å². The highest BCUT2D eigenvalue weighted by atomic mass is 35.5. The van der Waals surface area contributed by atoms with E-state index in [0.29, 0.717) is 24.5 Å². The minimum atomic E-state index is -0.0950. The maximum atomic E-state index is 11.9. The van der Waals surface area contributed by atoms with Gasteiger partial charge in [-0.05, 0) is 30.5 Å². The average molecular weight is 325 g/mol. The Labute approximate surface area is 137 Å². The van der Waals surface area contributed by atoms with Crippen molar-refractivity contribution < 1.29 is 9.59 Å². The molecule has 122 valence electrons. The van der Waals surface area contributed by atoms with Gasteiger partial charge in [0.2, 0.25) is 11.8 Å². The third-order valence-electron chi connectivity index (χ3n) is 3.47. The third kappa shape index (κ3) is 7.46. The summed E-state index contributed by atoms with van der Waals surface area (Å²) < 4.78 is 0. The molecule has 22 heavy (non-hydrogen) atoms. The van der Waals surface area contributed by atoms with Gasteiger partial charge in [-0.1, -0.05) is 43.5 Å². The number of halogens is 1. The van der Waals surface area contributed by atoms with Gasteiger partial charge in [0, 0.05) is 25.0 Å². The lowest BCUT2D eigenvalue weighted by Gasteiger charge is -2.20. The van der Waals surface area contributed by atoms with Crippen molar-refractivity contribution in [3.8, 4) is 0 Å². The largest absolute Gasteiger partial charge is 0.355 e. The summed E-state index contributed by atoms with van der Waals surface area (Å²) in [6.07, 6.45) is 3.91. The third-order valence-corrected chi connectivity index (χ3v) is 3.72. The second-order valence-corrected chi connectivity index (χ2v) is 5.81.